The summed E-state index contributed by atoms with van der Waals surface area (Å²) in [6.07, 6.45) is 6.18. The maximum Gasteiger partial charge on any atom is 0.262 e. The van der Waals surface area contributed by atoms with Crippen molar-refractivity contribution in [3.05, 3.63) is 65.7 Å². The van der Waals surface area contributed by atoms with Gasteiger partial charge in [-0.15, -0.1) is 11.3 Å². The van der Waals surface area contributed by atoms with E-state index >= 15 is 0 Å². The lowest BCUT2D eigenvalue weighted by molar-refractivity contribution is 0.0943. The molecule has 1 aromatic heterocycles. The van der Waals surface area contributed by atoms with Crippen molar-refractivity contribution in [1.82, 2.24) is 5.32 Å². The Hall–Kier alpha value is -2.22. The van der Waals surface area contributed by atoms with Crippen LogP contribution in [-0.2, 0) is 17.8 Å². The van der Waals surface area contributed by atoms with E-state index in [-0.39, 0.29) is 12.5 Å². The lowest BCUT2D eigenvalue weighted by Gasteiger charge is -2.22. The van der Waals surface area contributed by atoms with Crippen LogP contribution in [0.25, 0.3) is 10.1 Å². The molecule has 3 aromatic rings. The van der Waals surface area contributed by atoms with Crippen molar-refractivity contribution in [2.24, 2.45) is 5.92 Å². The van der Waals surface area contributed by atoms with E-state index in [4.69, 9.17) is 0 Å². The molecular formula is C23H26N2O3S2. The third-order valence-corrected chi connectivity index (χ3v) is 7.60. The molecule has 0 saturated heterocycles. The number of benzene rings is 2. The fourth-order valence-corrected chi connectivity index (χ4v) is 5.75. The molecule has 7 heteroatoms. The molecule has 0 spiro atoms. The minimum atomic E-state index is -2.16. The van der Waals surface area contributed by atoms with Gasteiger partial charge < -0.3 is 5.32 Å². The van der Waals surface area contributed by atoms with Crippen molar-refractivity contribution in [3.63, 3.8) is 0 Å². The average Bonchev–Trinajstić information content (AvgIpc) is 3.20. The molecule has 1 aliphatic rings. The van der Waals surface area contributed by atoms with Crippen LogP contribution in [0.2, 0.25) is 0 Å². The number of hydrogen-bond acceptors (Lipinski definition) is 3. The Morgan fingerprint density at radius 1 is 1.10 bits per heavy atom. The minimum absolute atomic E-state index is 0.0824. The first-order valence-electron chi connectivity index (χ1n) is 10.3. The Morgan fingerprint density at radius 3 is 2.67 bits per heavy atom. The number of nitrogens with one attached hydrogen (secondary N) is 1. The van der Waals surface area contributed by atoms with Gasteiger partial charge in [0.25, 0.3) is 17.2 Å². The minimum Gasteiger partial charge on any atom is -0.352 e. The van der Waals surface area contributed by atoms with Crippen molar-refractivity contribution in [2.45, 2.75) is 38.6 Å². The van der Waals surface area contributed by atoms with Crippen molar-refractivity contribution < 1.29 is 13.6 Å². The van der Waals surface area contributed by atoms with E-state index in [1.54, 1.807) is 6.07 Å². The maximum absolute atomic E-state index is 12.6. The number of anilines is 1. The van der Waals surface area contributed by atoms with Gasteiger partial charge in [-0.3, -0.25) is 13.7 Å². The van der Waals surface area contributed by atoms with Gasteiger partial charge in [0, 0.05) is 16.8 Å². The molecule has 0 bridgehead atoms. The van der Waals surface area contributed by atoms with Crippen LogP contribution in [-0.4, -0.2) is 21.2 Å². The number of fused-ring (bicyclic) bond motifs is 1. The normalized spacial score (nSPS) is 15.8. The van der Waals surface area contributed by atoms with Crippen molar-refractivity contribution in [3.8, 4) is 0 Å². The smallest absolute Gasteiger partial charge is 0.262 e. The zero-order valence-corrected chi connectivity index (χ0v) is 18.4. The number of carbonyl (C=O) groups excluding carboxylic acids is 1. The first-order chi connectivity index (χ1) is 14.6. The zero-order valence-electron chi connectivity index (χ0n) is 16.8. The second-order valence-electron chi connectivity index (χ2n) is 7.80. The highest BCUT2D eigenvalue weighted by molar-refractivity contribution is 7.81. The van der Waals surface area contributed by atoms with Crippen LogP contribution in [0.15, 0.2) is 54.6 Å². The Kier molecular flexibility index (Phi) is 6.82. The van der Waals surface area contributed by atoms with E-state index in [9.17, 15) is 13.6 Å². The molecule has 2 N–H and O–H groups in total. The highest BCUT2D eigenvalue weighted by atomic mass is 32.2. The average molecular weight is 443 g/mol. The van der Waals surface area contributed by atoms with Crippen molar-refractivity contribution >= 4 is 43.6 Å². The molecule has 1 amide bonds. The van der Waals surface area contributed by atoms with E-state index < -0.39 is 11.3 Å². The summed E-state index contributed by atoms with van der Waals surface area (Å²) in [5.74, 6) is 0.493. The Labute approximate surface area is 183 Å². The second kappa shape index (κ2) is 9.73. The standard InChI is InChI=1S/C23H26N2O3S2/c26-23(24-15-17-7-2-1-3-8-17)20-11-6-9-18(13-20)16-25(30(27)28)22-14-19-10-4-5-12-21(19)29-22/h4-6,9-14,17H,1-3,7-8,15-16H2,(H,24,26)(H,27,28). The van der Waals surface area contributed by atoms with E-state index in [1.165, 1.54) is 47.7 Å². The van der Waals surface area contributed by atoms with Crippen LogP contribution in [0.5, 0.6) is 0 Å². The summed E-state index contributed by atoms with van der Waals surface area (Å²) in [7, 11) is 0. The Bertz CT molecular complexity index is 1010. The predicted octanol–water partition coefficient (Wildman–Crippen LogP) is 5.35. The van der Waals surface area contributed by atoms with Crippen molar-refractivity contribution in [1.29, 1.82) is 0 Å². The molecule has 158 valence electrons. The first kappa shape index (κ1) is 21.0. The van der Waals surface area contributed by atoms with E-state index in [2.05, 4.69) is 5.32 Å². The summed E-state index contributed by atoms with van der Waals surface area (Å²) in [5.41, 5.74) is 1.41. The fourth-order valence-electron chi connectivity index (χ4n) is 4.01. The summed E-state index contributed by atoms with van der Waals surface area (Å²) in [5, 5.41) is 4.83. The molecule has 1 fully saturated rings. The number of rotatable bonds is 7. The second-order valence-corrected chi connectivity index (χ2v) is 9.77. The lowest BCUT2D eigenvalue weighted by atomic mass is 9.89. The summed E-state index contributed by atoms with van der Waals surface area (Å²) < 4.78 is 24.4. The van der Waals surface area contributed by atoms with Gasteiger partial charge in [0.15, 0.2) is 0 Å². The van der Waals surface area contributed by atoms with Crippen LogP contribution in [0.3, 0.4) is 0 Å². The number of thiophene rings is 1. The van der Waals surface area contributed by atoms with Crippen LogP contribution in [0, 0.1) is 5.92 Å². The molecule has 2 aromatic carbocycles. The molecule has 4 rings (SSSR count). The molecule has 1 saturated carbocycles. The van der Waals surface area contributed by atoms with Gasteiger partial charge in [-0.1, -0.05) is 49.6 Å². The van der Waals surface area contributed by atoms with Crippen LogP contribution >= 0.6 is 11.3 Å². The number of carbonyl (C=O) groups is 1. The quantitative estimate of drug-likeness (QED) is 0.484. The lowest BCUT2D eigenvalue weighted by Crippen LogP contribution is -2.30. The van der Waals surface area contributed by atoms with Gasteiger partial charge >= 0.3 is 0 Å². The van der Waals surface area contributed by atoms with Crippen LogP contribution in [0.1, 0.15) is 48.0 Å². The monoisotopic (exact) mass is 442 g/mol. The topological polar surface area (TPSA) is 69.6 Å². The number of amides is 1. The Morgan fingerprint density at radius 2 is 1.90 bits per heavy atom. The zero-order chi connectivity index (χ0) is 20.9. The number of hydrogen-bond donors (Lipinski definition) is 2. The third kappa shape index (κ3) is 5.09. The number of nitrogens with zero attached hydrogens (tertiary/aromatic N) is 1. The fraction of sp³-hybridized carbons (Fsp3) is 0.348. The van der Waals surface area contributed by atoms with E-state index in [0.29, 0.717) is 11.5 Å². The first-order valence-corrected chi connectivity index (χ1v) is 12.2. The summed E-state index contributed by atoms with van der Waals surface area (Å²) in [6, 6.07) is 17.1. The SMILES string of the molecule is O=C(NCC1CCCCC1)c1cccc(CN(c2cc3ccccc3s2)S(=O)O)c1. The summed E-state index contributed by atoms with van der Waals surface area (Å²) in [4.78, 5) is 12.6. The molecule has 1 heterocycles. The van der Waals surface area contributed by atoms with Gasteiger partial charge in [-0.25, -0.2) is 4.21 Å². The highest BCUT2D eigenvalue weighted by Crippen LogP contribution is 2.34. The van der Waals surface area contributed by atoms with Gasteiger partial charge in [0.2, 0.25) is 0 Å². The molecule has 1 unspecified atom stereocenters. The molecular weight excluding hydrogens is 416 g/mol. The van der Waals surface area contributed by atoms with E-state index in [0.717, 1.165) is 27.2 Å². The molecule has 0 aliphatic heterocycles. The summed E-state index contributed by atoms with van der Waals surface area (Å²) in [6.45, 7) is 0.970. The van der Waals surface area contributed by atoms with Crippen LogP contribution in [0.4, 0.5) is 5.00 Å². The predicted molar refractivity (Wildman–Crippen MR) is 124 cm³/mol. The molecule has 0 radical (unpaired) electrons. The van der Waals surface area contributed by atoms with E-state index in [1.807, 2.05) is 48.5 Å². The molecule has 30 heavy (non-hydrogen) atoms. The van der Waals surface area contributed by atoms with Gasteiger partial charge in [0.05, 0.1) is 6.54 Å². The summed E-state index contributed by atoms with van der Waals surface area (Å²) >= 11 is -0.681. The molecule has 1 aliphatic carbocycles. The Balaban J connectivity index is 1.46. The molecule has 5 nitrogen and oxygen atoms in total. The van der Waals surface area contributed by atoms with Gasteiger partial charge in [0.1, 0.15) is 5.00 Å². The van der Waals surface area contributed by atoms with Gasteiger partial charge in [-0.05, 0) is 54.0 Å². The maximum atomic E-state index is 12.6. The van der Waals surface area contributed by atoms with Crippen molar-refractivity contribution in [2.75, 3.05) is 10.8 Å². The largest absolute Gasteiger partial charge is 0.352 e. The molecule has 1 atom stereocenters. The highest BCUT2D eigenvalue weighted by Gasteiger charge is 2.18. The third-order valence-electron chi connectivity index (χ3n) is 5.64. The van der Waals surface area contributed by atoms with Crippen LogP contribution < -0.4 is 9.62 Å². The van der Waals surface area contributed by atoms with Gasteiger partial charge in [-0.2, -0.15) is 0 Å².